The molecule has 0 bridgehead atoms. The highest BCUT2D eigenvalue weighted by Crippen LogP contribution is 2.20. The number of hydrogen-bond acceptors (Lipinski definition) is 5. The van der Waals surface area contributed by atoms with E-state index in [2.05, 4.69) is 39.5 Å². The van der Waals surface area contributed by atoms with Crippen molar-refractivity contribution in [3.05, 3.63) is 28.8 Å². The van der Waals surface area contributed by atoms with E-state index in [-0.39, 0.29) is 0 Å². The first-order chi connectivity index (χ1) is 9.54. The molecule has 2 rings (SSSR count). The predicted molar refractivity (Wildman–Crippen MR) is 80.9 cm³/mol. The zero-order valence-electron chi connectivity index (χ0n) is 12.8. The van der Waals surface area contributed by atoms with E-state index in [1.807, 2.05) is 25.6 Å². The lowest BCUT2D eigenvalue weighted by Gasteiger charge is -2.12. The Morgan fingerprint density at radius 2 is 1.75 bits per heavy atom. The van der Waals surface area contributed by atoms with E-state index in [0.717, 1.165) is 36.0 Å². The van der Waals surface area contributed by atoms with E-state index in [0.29, 0.717) is 0 Å². The van der Waals surface area contributed by atoms with Crippen LogP contribution in [-0.4, -0.2) is 26.3 Å². The third-order valence-corrected chi connectivity index (χ3v) is 3.52. The molecule has 2 heterocycles. The van der Waals surface area contributed by atoms with E-state index >= 15 is 0 Å². The van der Waals surface area contributed by atoms with Crippen LogP contribution in [-0.2, 0) is 13.6 Å². The van der Waals surface area contributed by atoms with Gasteiger partial charge in [0.15, 0.2) is 0 Å². The maximum absolute atomic E-state index is 4.42. The van der Waals surface area contributed by atoms with Gasteiger partial charge in [-0.25, -0.2) is 9.97 Å². The largest absolute Gasteiger partial charge is 0.370 e. The Bertz CT molecular complexity index is 602. The van der Waals surface area contributed by atoms with Crippen molar-refractivity contribution in [2.75, 3.05) is 17.2 Å². The molecule has 2 aromatic rings. The molecule has 2 aromatic heterocycles. The third-order valence-electron chi connectivity index (χ3n) is 3.52. The van der Waals surface area contributed by atoms with Crippen LogP contribution in [0.5, 0.6) is 0 Å². The van der Waals surface area contributed by atoms with Crippen LogP contribution in [0.1, 0.15) is 29.4 Å². The molecule has 0 aromatic carbocycles. The van der Waals surface area contributed by atoms with Gasteiger partial charge in [-0.2, -0.15) is 5.10 Å². The molecule has 6 nitrogen and oxygen atoms in total. The fraction of sp³-hybridized carbons (Fsp3) is 0.500. The molecule has 0 saturated heterocycles. The summed E-state index contributed by atoms with van der Waals surface area (Å²) < 4.78 is 1.91. The van der Waals surface area contributed by atoms with Gasteiger partial charge in [-0.05, 0) is 27.7 Å². The zero-order valence-corrected chi connectivity index (χ0v) is 12.8. The second-order valence-corrected chi connectivity index (χ2v) is 4.85. The van der Waals surface area contributed by atoms with Gasteiger partial charge in [0.2, 0.25) is 0 Å². The third kappa shape index (κ3) is 2.74. The number of hydrogen-bond donors (Lipinski definition) is 2. The van der Waals surface area contributed by atoms with Gasteiger partial charge in [-0.15, -0.1) is 0 Å². The Morgan fingerprint density at radius 1 is 1.10 bits per heavy atom. The van der Waals surface area contributed by atoms with Crippen LogP contribution < -0.4 is 10.6 Å². The van der Waals surface area contributed by atoms with Crippen LogP contribution in [0.2, 0.25) is 0 Å². The lowest BCUT2D eigenvalue weighted by molar-refractivity contribution is 0.730. The molecule has 0 atom stereocenters. The highest BCUT2D eigenvalue weighted by atomic mass is 15.3. The molecule has 0 aliphatic carbocycles. The zero-order chi connectivity index (χ0) is 14.7. The minimum Gasteiger partial charge on any atom is -0.370 e. The highest BCUT2D eigenvalue weighted by Gasteiger charge is 2.11. The van der Waals surface area contributed by atoms with E-state index in [1.165, 1.54) is 11.3 Å². The molecule has 0 spiro atoms. The van der Waals surface area contributed by atoms with Gasteiger partial charge >= 0.3 is 0 Å². The number of rotatable bonds is 5. The lowest BCUT2D eigenvalue weighted by atomic mass is 10.2. The van der Waals surface area contributed by atoms with Crippen LogP contribution in [0.4, 0.5) is 11.6 Å². The first-order valence-corrected chi connectivity index (χ1v) is 6.83. The van der Waals surface area contributed by atoms with E-state index < -0.39 is 0 Å². The second kappa shape index (κ2) is 5.90. The minimum absolute atomic E-state index is 0.717. The molecule has 0 saturated carbocycles. The minimum atomic E-state index is 0.717. The SMILES string of the molecule is CCNc1ncnc(NCc2c(C)nn(C)c2C)c1C. The molecule has 20 heavy (non-hydrogen) atoms. The normalized spacial score (nSPS) is 10.7. The van der Waals surface area contributed by atoms with Crippen LogP contribution in [0, 0.1) is 20.8 Å². The molecule has 0 aliphatic heterocycles. The number of anilines is 2. The van der Waals surface area contributed by atoms with Gasteiger partial charge in [-0.3, -0.25) is 4.68 Å². The summed E-state index contributed by atoms with van der Waals surface area (Å²) in [6.45, 7) is 9.74. The second-order valence-electron chi connectivity index (χ2n) is 4.85. The van der Waals surface area contributed by atoms with E-state index in [9.17, 15) is 0 Å². The number of aromatic nitrogens is 4. The Balaban J connectivity index is 2.17. The molecular weight excluding hydrogens is 252 g/mol. The lowest BCUT2D eigenvalue weighted by Crippen LogP contribution is -2.09. The van der Waals surface area contributed by atoms with Crippen LogP contribution in [0.25, 0.3) is 0 Å². The van der Waals surface area contributed by atoms with Gasteiger partial charge in [0, 0.05) is 37.0 Å². The summed E-state index contributed by atoms with van der Waals surface area (Å²) in [5.41, 5.74) is 4.48. The summed E-state index contributed by atoms with van der Waals surface area (Å²) in [6.07, 6.45) is 1.58. The Morgan fingerprint density at radius 3 is 2.30 bits per heavy atom. The first-order valence-electron chi connectivity index (χ1n) is 6.83. The smallest absolute Gasteiger partial charge is 0.134 e. The molecule has 0 amide bonds. The molecule has 2 N–H and O–H groups in total. The van der Waals surface area contributed by atoms with Crippen LogP contribution >= 0.6 is 0 Å². The number of nitrogens with one attached hydrogen (secondary N) is 2. The molecule has 0 aliphatic rings. The van der Waals surface area contributed by atoms with Gasteiger partial charge in [-0.1, -0.05) is 0 Å². The summed E-state index contributed by atoms with van der Waals surface area (Å²) in [6, 6.07) is 0. The summed E-state index contributed by atoms with van der Waals surface area (Å²) in [5.74, 6) is 1.74. The van der Waals surface area contributed by atoms with Crippen LogP contribution in [0.3, 0.4) is 0 Å². The summed E-state index contributed by atoms with van der Waals surface area (Å²) >= 11 is 0. The first kappa shape index (κ1) is 14.3. The maximum atomic E-state index is 4.42. The number of nitrogens with zero attached hydrogens (tertiary/aromatic N) is 4. The molecular formula is C14H22N6. The summed E-state index contributed by atoms with van der Waals surface area (Å²) in [5, 5.41) is 11.0. The topological polar surface area (TPSA) is 67.7 Å². The molecule has 108 valence electrons. The van der Waals surface area contributed by atoms with Crippen LogP contribution in [0.15, 0.2) is 6.33 Å². The van der Waals surface area contributed by atoms with Gasteiger partial charge in [0.05, 0.1) is 5.69 Å². The van der Waals surface area contributed by atoms with Crippen molar-refractivity contribution in [1.82, 2.24) is 19.7 Å². The van der Waals surface area contributed by atoms with Gasteiger partial charge in [0.25, 0.3) is 0 Å². The predicted octanol–water partition coefficient (Wildman–Crippen LogP) is 2.18. The van der Waals surface area contributed by atoms with E-state index in [1.54, 1.807) is 6.33 Å². The summed E-state index contributed by atoms with van der Waals surface area (Å²) in [4.78, 5) is 8.56. The van der Waals surface area contributed by atoms with Gasteiger partial charge < -0.3 is 10.6 Å². The van der Waals surface area contributed by atoms with Crippen molar-refractivity contribution >= 4 is 11.6 Å². The quantitative estimate of drug-likeness (QED) is 0.874. The average molecular weight is 274 g/mol. The van der Waals surface area contributed by atoms with Crippen molar-refractivity contribution in [1.29, 1.82) is 0 Å². The monoisotopic (exact) mass is 274 g/mol. The average Bonchev–Trinajstić information content (AvgIpc) is 2.65. The fourth-order valence-corrected chi connectivity index (χ4v) is 2.22. The Labute approximate surface area is 119 Å². The molecule has 6 heteroatoms. The molecule has 0 radical (unpaired) electrons. The molecule has 0 unspecified atom stereocenters. The fourth-order valence-electron chi connectivity index (χ4n) is 2.22. The van der Waals surface area contributed by atoms with Crippen molar-refractivity contribution in [3.63, 3.8) is 0 Å². The van der Waals surface area contributed by atoms with Crippen molar-refractivity contribution in [2.24, 2.45) is 7.05 Å². The van der Waals surface area contributed by atoms with Gasteiger partial charge in [0.1, 0.15) is 18.0 Å². The van der Waals surface area contributed by atoms with Crippen molar-refractivity contribution in [2.45, 2.75) is 34.2 Å². The summed E-state index contributed by atoms with van der Waals surface area (Å²) in [7, 11) is 1.96. The Kier molecular flexibility index (Phi) is 4.22. The Hall–Kier alpha value is -2.11. The van der Waals surface area contributed by atoms with Crippen molar-refractivity contribution in [3.8, 4) is 0 Å². The van der Waals surface area contributed by atoms with E-state index in [4.69, 9.17) is 0 Å². The standard InChI is InChI=1S/C14H22N6/c1-6-15-13-9(2)14(18-8-17-13)16-7-12-10(3)19-20(5)11(12)4/h8H,6-7H2,1-5H3,(H2,15,16,17,18). The maximum Gasteiger partial charge on any atom is 0.134 e. The molecule has 0 fully saturated rings. The highest BCUT2D eigenvalue weighted by molar-refractivity contribution is 5.56. The number of aryl methyl sites for hydroxylation is 2. The van der Waals surface area contributed by atoms with Crippen molar-refractivity contribution < 1.29 is 0 Å².